The van der Waals surface area contributed by atoms with Gasteiger partial charge in [0.25, 0.3) is 0 Å². The molecule has 0 spiro atoms. The molecule has 0 aliphatic heterocycles. The summed E-state index contributed by atoms with van der Waals surface area (Å²) in [6.07, 6.45) is 5.17. The quantitative estimate of drug-likeness (QED) is 0.858. The van der Waals surface area contributed by atoms with Crippen LogP contribution in [0.15, 0.2) is 0 Å². The van der Waals surface area contributed by atoms with E-state index in [0.717, 1.165) is 25.7 Å². The SMILES string of the molecule is CC1(C)C(NC2CCCC(S(C)(=O)=O)C2)C1(C)C. The third-order valence-corrected chi connectivity index (χ3v) is 7.29. The average molecular weight is 273 g/mol. The Morgan fingerprint density at radius 1 is 1.06 bits per heavy atom. The van der Waals surface area contributed by atoms with Gasteiger partial charge >= 0.3 is 0 Å². The van der Waals surface area contributed by atoms with E-state index in [1.807, 2.05) is 0 Å². The molecule has 0 aromatic carbocycles. The van der Waals surface area contributed by atoms with E-state index in [1.165, 1.54) is 6.26 Å². The van der Waals surface area contributed by atoms with Gasteiger partial charge in [-0.1, -0.05) is 34.1 Å². The van der Waals surface area contributed by atoms with Crippen molar-refractivity contribution in [3.8, 4) is 0 Å². The Kier molecular flexibility index (Phi) is 3.34. The highest BCUT2D eigenvalue weighted by Crippen LogP contribution is 2.62. The molecule has 0 radical (unpaired) electrons. The Balaban J connectivity index is 1.96. The zero-order chi connectivity index (χ0) is 13.8. The summed E-state index contributed by atoms with van der Waals surface area (Å²) in [5.41, 5.74) is 0.649. The molecule has 0 aromatic heterocycles. The van der Waals surface area contributed by atoms with Crippen LogP contribution in [-0.4, -0.2) is 32.0 Å². The van der Waals surface area contributed by atoms with Crippen molar-refractivity contribution in [1.82, 2.24) is 5.32 Å². The van der Waals surface area contributed by atoms with E-state index in [1.54, 1.807) is 0 Å². The second-order valence-corrected chi connectivity index (χ2v) is 9.68. The first-order chi connectivity index (χ1) is 8.07. The molecule has 2 atom stereocenters. The van der Waals surface area contributed by atoms with Crippen LogP contribution in [0, 0.1) is 10.8 Å². The Morgan fingerprint density at radius 3 is 2.06 bits per heavy atom. The van der Waals surface area contributed by atoms with Crippen LogP contribution in [0.5, 0.6) is 0 Å². The smallest absolute Gasteiger partial charge is 0.150 e. The molecule has 0 amide bonds. The minimum Gasteiger partial charge on any atom is -0.310 e. The fourth-order valence-corrected chi connectivity index (χ4v) is 4.71. The van der Waals surface area contributed by atoms with Gasteiger partial charge in [0.1, 0.15) is 9.84 Å². The summed E-state index contributed by atoms with van der Waals surface area (Å²) >= 11 is 0. The number of sulfone groups is 1. The van der Waals surface area contributed by atoms with E-state index in [9.17, 15) is 8.42 Å². The van der Waals surface area contributed by atoms with Crippen LogP contribution in [0.25, 0.3) is 0 Å². The molecule has 3 nitrogen and oxygen atoms in total. The van der Waals surface area contributed by atoms with Crippen molar-refractivity contribution >= 4 is 9.84 Å². The van der Waals surface area contributed by atoms with Gasteiger partial charge in [0.05, 0.1) is 5.25 Å². The molecule has 2 rings (SSSR count). The Labute approximate surface area is 112 Å². The molecule has 0 bridgehead atoms. The molecular formula is C14H27NO2S. The maximum Gasteiger partial charge on any atom is 0.150 e. The Hall–Kier alpha value is -0.0900. The molecule has 2 unspecified atom stereocenters. The van der Waals surface area contributed by atoms with Crippen LogP contribution in [0.1, 0.15) is 53.4 Å². The summed E-state index contributed by atoms with van der Waals surface area (Å²) in [6.45, 7) is 9.17. The van der Waals surface area contributed by atoms with Gasteiger partial charge < -0.3 is 5.32 Å². The largest absolute Gasteiger partial charge is 0.310 e. The molecule has 2 aliphatic carbocycles. The zero-order valence-corrected chi connectivity index (χ0v) is 13.1. The fourth-order valence-electron chi connectivity index (χ4n) is 3.53. The highest BCUT2D eigenvalue weighted by atomic mass is 32.2. The standard InChI is InChI=1S/C14H27NO2S/c1-13(2)12(14(13,3)4)15-10-7-6-8-11(9-10)18(5,16)17/h10-12,15H,6-9H2,1-5H3. The highest BCUT2D eigenvalue weighted by Gasteiger charge is 2.64. The number of rotatable bonds is 3. The van der Waals surface area contributed by atoms with Gasteiger partial charge in [-0.3, -0.25) is 0 Å². The first kappa shape index (κ1) is 14.3. The summed E-state index contributed by atoms with van der Waals surface area (Å²) in [7, 11) is -2.87. The van der Waals surface area contributed by atoms with Gasteiger partial charge in [-0.05, 0) is 30.1 Å². The van der Waals surface area contributed by atoms with Crippen LogP contribution in [0.3, 0.4) is 0 Å². The lowest BCUT2D eigenvalue weighted by atomic mass is 9.94. The molecule has 2 fully saturated rings. The molecule has 0 saturated heterocycles. The highest BCUT2D eigenvalue weighted by molar-refractivity contribution is 7.91. The molecule has 2 saturated carbocycles. The maximum atomic E-state index is 11.7. The van der Waals surface area contributed by atoms with Gasteiger partial charge in [-0.2, -0.15) is 0 Å². The fraction of sp³-hybridized carbons (Fsp3) is 1.00. The number of hydrogen-bond acceptors (Lipinski definition) is 3. The molecular weight excluding hydrogens is 246 g/mol. The van der Waals surface area contributed by atoms with E-state index < -0.39 is 9.84 Å². The first-order valence-electron chi connectivity index (χ1n) is 7.01. The van der Waals surface area contributed by atoms with E-state index in [0.29, 0.717) is 22.9 Å². The molecule has 18 heavy (non-hydrogen) atoms. The van der Waals surface area contributed by atoms with Crippen molar-refractivity contribution in [1.29, 1.82) is 0 Å². The van der Waals surface area contributed by atoms with Crippen molar-refractivity contribution in [2.45, 2.75) is 70.7 Å². The van der Waals surface area contributed by atoms with Crippen LogP contribution in [0.2, 0.25) is 0 Å². The van der Waals surface area contributed by atoms with Gasteiger partial charge in [0.2, 0.25) is 0 Å². The molecule has 0 heterocycles. The van der Waals surface area contributed by atoms with E-state index in [4.69, 9.17) is 0 Å². The monoisotopic (exact) mass is 273 g/mol. The topological polar surface area (TPSA) is 46.2 Å². The van der Waals surface area contributed by atoms with Crippen molar-refractivity contribution in [2.75, 3.05) is 6.26 Å². The molecule has 1 N–H and O–H groups in total. The lowest BCUT2D eigenvalue weighted by Crippen LogP contribution is -2.41. The second kappa shape index (κ2) is 4.20. The predicted molar refractivity (Wildman–Crippen MR) is 75.4 cm³/mol. The Bertz CT molecular complexity index is 411. The van der Waals surface area contributed by atoms with Crippen LogP contribution < -0.4 is 5.32 Å². The van der Waals surface area contributed by atoms with E-state index in [-0.39, 0.29) is 5.25 Å². The minimum atomic E-state index is -2.87. The maximum absolute atomic E-state index is 11.7. The van der Waals surface area contributed by atoms with Crippen molar-refractivity contribution < 1.29 is 8.42 Å². The molecule has 2 aliphatic rings. The summed E-state index contributed by atoms with van der Waals surface area (Å²) in [6, 6.07) is 0.901. The van der Waals surface area contributed by atoms with Gasteiger partial charge in [0, 0.05) is 18.3 Å². The molecule has 0 aromatic rings. The second-order valence-electron chi connectivity index (χ2n) is 7.36. The normalized spacial score (nSPS) is 35.4. The summed E-state index contributed by atoms with van der Waals surface area (Å²) in [5.74, 6) is 0. The average Bonchev–Trinajstić information content (AvgIpc) is 2.60. The number of nitrogens with one attached hydrogen (secondary N) is 1. The van der Waals surface area contributed by atoms with Crippen molar-refractivity contribution in [2.24, 2.45) is 10.8 Å². The van der Waals surface area contributed by atoms with E-state index >= 15 is 0 Å². The molecule has 4 heteroatoms. The van der Waals surface area contributed by atoms with Crippen molar-refractivity contribution in [3.63, 3.8) is 0 Å². The summed E-state index contributed by atoms with van der Waals surface area (Å²) < 4.78 is 23.3. The molecule has 106 valence electrons. The van der Waals surface area contributed by atoms with Crippen LogP contribution in [-0.2, 0) is 9.84 Å². The van der Waals surface area contributed by atoms with Crippen LogP contribution in [0.4, 0.5) is 0 Å². The third kappa shape index (κ3) is 2.34. The van der Waals surface area contributed by atoms with Gasteiger partial charge in [-0.15, -0.1) is 0 Å². The number of hydrogen-bond donors (Lipinski definition) is 1. The first-order valence-corrected chi connectivity index (χ1v) is 8.97. The van der Waals surface area contributed by atoms with Crippen molar-refractivity contribution in [3.05, 3.63) is 0 Å². The minimum absolute atomic E-state index is 0.131. The lowest BCUT2D eigenvalue weighted by molar-refractivity contribution is 0.351. The summed E-state index contributed by atoms with van der Waals surface area (Å²) in [4.78, 5) is 0. The summed E-state index contributed by atoms with van der Waals surface area (Å²) in [5, 5.41) is 3.58. The third-order valence-electron chi connectivity index (χ3n) is 5.65. The zero-order valence-electron chi connectivity index (χ0n) is 12.3. The van der Waals surface area contributed by atoms with E-state index in [2.05, 4.69) is 33.0 Å². The van der Waals surface area contributed by atoms with Crippen LogP contribution >= 0.6 is 0 Å². The van der Waals surface area contributed by atoms with Gasteiger partial charge in [0.15, 0.2) is 0 Å². The Morgan fingerprint density at radius 2 is 1.61 bits per heavy atom. The van der Waals surface area contributed by atoms with Gasteiger partial charge in [-0.25, -0.2) is 8.42 Å². The predicted octanol–water partition coefficient (Wildman–Crippen LogP) is 2.37. The lowest BCUT2D eigenvalue weighted by Gasteiger charge is -2.29.